The molecular weight excluding hydrogens is 478 g/mol. The highest BCUT2D eigenvalue weighted by molar-refractivity contribution is 6.04. The fourth-order valence-electron chi connectivity index (χ4n) is 3.71. The number of carbonyl (C=O) groups is 2. The average Bonchev–Trinajstić information content (AvgIpc) is 2.79. The van der Waals surface area contributed by atoms with Crippen molar-refractivity contribution in [1.82, 2.24) is 9.97 Å². The number of primary amides is 1. The number of rotatable bonds is 5. The third-order valence-corrected chi connectivity index (χ3v) is 5.47. The van der Waals surface area contributed by atoms with Gasteiger partial charge in [0.25, 0.3) is 5.91 Å². The van der Waals surface area contributed by atoms with Gasteiger partial charge in [-0.1, -0.05) is 6.07 Å². The predicted molar refractivity (Wildman–Crippen MR) is 126 cm³/mol. The molecule has 0 bridgehead atoms. The second-order valence-electron chi connectivity index (χ2n) is 8.05. The van der Waals surface area contributed by atoms with Crippen LogP contribution in [-0.4, -0.2) is 21.8 Å². The SMILES string of the molecule is Cc1ccc(NC(=O)c2ccc(C(F)(F)F)cc2)cc1-c1ccc2nc(CC(N)=O)nc(N)c2c1F. The summed E-state index contributed by atoms with van der Waals surface area (Å²) < 4.78 is 53.9. The quantitative estimate of drug-likeness (QED) is 0.347. The largest absolute Gasteiger partial charge is 0.416 e. The average molecular weight is 497 g/mol. The summed E-state index contributed by atoms with van der Waals surface area (Å²) in [5.74, 6) is -2.05. The number of carbonyl (C=O) groups excluding carboxylic acids is 2. The van der Waals surface area contributed by atoms with E-state index in [0.29, 0.717) is 16.8 Å². The van der Waals surface area contributed by atoms with E-state index in [4.69, 9.17) is 11.5 Å². The minimum atomic E-state index is -4.51. The van der Waals surface area contributed by atoms with Crippen molar-refractivity contribution in [3.63, 3.8) is 0 Å². The van der Waals surface area contributed by atoms with Crippen LogP contribution in [0, 0.1) is 12.7 Å². The van der Waals surface area contributed by atoms with Crippen molar-refractivity contribution in [3.8, 4) is 11.1 Å². The lowest BCUT2D eigenvalue weighted by molar-refractivity contribution is -0.137. The smallest absolute Gasteiger partial charge is 0.383 e. The van der Waals surface area contributed by atoms with Gasteiger partial charge in [0, 0.05) is 16.8 Å². The van der Waals surface area contributed by atoms with Gasteiger partial charge in [-0.05, 0) is 66.6 Å². The fraction of sp³-hybridized carbons (Fsp3) is 0.120. The Morgan fingerprint density at radius 2 is 1.67 bits per heavy atom. The standard InChI is InChI=1S/C25H19F4N5O2/c1-12-2-7-15(32-24(36)13-3-5-14(6-4-13)25(27,28)29)10-17(12)16-8-9-18-21(22(16)26)23(31)34-20(33-18)11-19(30)35/h2-10H,11H2,1H3,(H2,30,35)(H,32,36)(H2,31,33,34). The van der Waals surface area contributed by atoms with Crippen LogP contribution in [0.4, 0.5) is 29.1 Å². The Balaban J connectivity index is 1.67. The number of halogens is 4. The zero-order valence-electron chi connectivity index (χ0n) is 18.8. The summed E-state index contributed by atoms with van der Waals surface area (Å²) in [4.78, 5) is 31.9. The summed E-state index contributed by atoms with van der Waals surface area (Å²) in [7, 11) is 0. The molecule has 36 heavy (non-hydrogen) atoms. The molecule has 2 amide bonds. The molecule has 0 aliphatic rings. The number of nitrogen functional groups attached to an aromatic ring is 1. The monoisotopic (exact) mass is 497 g/mol. The second kappa shape index (κ2) is 9.25. The van der Waals surface area contributed by atoms with E-state index >= 15 is 4.39 Å². The van der Waals surface area contributed by atoms with Gasteiger partial charge in [-0.25, -0.2) is 14.4 Å². The number of amides is 2. The highest BCUT2D eigenvalue weighted by atomic mass is 19.4. The summed E-state index contributed by atoms with van der Waals surface area (Å²) in [6.45, 7) is 1.75. The molecule has 0 saturated heterocycles. The number of nitrogens with one attached hydrogen (secondary N) is 1. The van der Waals surface area contributed by atoms with Crippen molar-refractivity contribution < 1.29 is 27.2 Å². The molecule has 0 aliphatic carbocycles. The van der Waals surface area contributed by atoms with Crippen LogP contribution in [0.3, 0.4) is 0 Å². The van der Waals surface area contributed by atoms with E-state index < -0.39 is 29.4 Å². The zero-order valence-corrected chi connectivity index (χ0v) is 18.8. The van der Waals surface area contributed by atoms with Gasteiger partial charge in [-0.15, -0.1) is 0 Å². The molecule has 0 radical (unpaired) electrons. The predicted octanol–water partition coefficient (Wildman–Crippen LogP) is 4.63. The summed E-state index contributed by atoms with van der Waals surface area (Å²) in [5, 5.41) is 2.58. The fourth-order valence-corrected chi connectivity index (χ4v) is 3.71. The lowest BCUT2D eigenvalue weighted by atomic mass is 9.97. The number of fused-ring (bicyclic) bond motifs is 1. The van der Waals surface area contributed by atoms with E-state index in [1.807, 2.05) is 0 Å². The van der Waals surface area contributed by atoms with Gasteiger partial charge >= 0.3 is 6.18 Å². The lowest BCUT2D eigenvalue weighted by Crippen LogP contribution is -2.16. The Kier molecular flexibility index (Phi) is 6.32. The molecule has 3 aromatic carbocycles. The van der Waals surface area contributed by atoms with E-state index in [0.717, 1.165) is 24.3 Å². The molecule has 5 N–H and O–H groups in total. The summed E-state index contributed by atoms with van der Waals surface area (Å²) >= 11 is 0. The maximum Gasteiger partial charge on any atom is 0.416 e. The molecule has 4 rings (SSSR count). The van der Waals surface area contributed by atoms with Gasteiger partial charge in [0.1, 0.15) is 17.5 Å². The van der Waals surface area contributed by atoms with Crippen molar-refractivity contribution in [1.29, 1.82) is 0 Å². The highest BCUT2D eigenvalue weighted by Gasteiger charge is 2.30. The van der Waals surface area contributed by atoms with Crippen molar-refractivity contribution in [2.45, 2.75) is 19.5 Å². The van der Waals surface area contributed by atoms with Crippen LogP contribution < -0.4 is 16.8 Å². The molecule has 0 saturated carbocycles. The van der Waals surface area contributed by atoms with E-state index in [1.54, 1.807) is 25.1 Å². The van der Waals surface area contributed by atoms with Crippen LogP contribution >= 0.6 is 0 Å². The van der Waals surface area contributed by atoms with Gasteiger partial charge < -0.3 is 16.8 Å². The van der Waals surface area contributed by atoms with E-state index in [1.165, 1.54) is 12.1 Å². The Hall–Kier alpha value is -4.54. The van der Waals surface area contributed by atoms with Crippen LogP contribution in [0.1, 0.15) is 27.3 Å². The second-order valence-corrected chi connectivity index (χ2v) is 8.05. The third-order valence-electron chi connectivity index (χ3n) is 5.47. The minimum absolute atomic E-state index is 0.0266. The highest BCUT2D eigenvalue weighted by Crippen LogP contribution is 2.34. The normalized spacial score (nSPS) is 11.5. The molecular formula is C25H19F4N5O2. The number of benzene rings is 3. The van der Waals surface area contributed by atoms with Crippen LogP contribution in [0.5, 0.6) is 0 Å². The van der Waals surface area contributed by atoms with Crippen LogP contribution in [0.25, 0.3) is 22.0 Å². The first-order valence-electron chi connectivity index (χ1n) is 10.6. The maximum absolute atomic E-state index is 15.6. The summed E-state index contributed by atoms with van der Waals surface area (Å²) in [6.07, 6.45) is -4.76. The van der Waals surface area contributed by atoms with Crippen molar-refractivity contribution >= 4 is 34.2 Å². The van der Waals surface area contributed by atoms with Crippen molar-refractivity contribution in [2.75, 3.05) is 11.1 Å². The van der Waals surface area contributed by atoms with Crippen LogP contribution in [-0.2, 0) is 17.4 Å². The molecule has 0 spiro atoms. The van der Waals surface area contributed by atoms with Gasteiger partial charge in [-0.2, -0.15) is 13.2 Å². The maximum atomic E-state index is 15.6. The van der Waals surface area contributed by atoms with Gasteiger partial charge in [0.15, 0.2) is 0 Å². The molecule has 4 aromatic rings. The summed E-state index contributed by atoms with van der Waals surface area (Å²) in [6, 6.07) is 11.6. The molecule has 0 atom stereocenters. The van der Waals surface area contributed by atoms with Crippen LogP contribution in [0.15, 0.2) is 54.6 Å². The van der Waals surface area contributed by atoms with Gasteiger partial charge in [0.2, 0.25) is 5.91 Å². The minimum Gasteiger partial charge on any atom is -0.383 e. The zero-order chi connectivity index (χ0) is 26.2. The number of aromatic nitrogens is 2. The van der Waals surface area contributed by atoms with Crippen molar-refractivity contribution in [2.24, 2.45) is 5.73 Å². The Morgan fingerprint density at radius 1 is 0.972 bits per heavy atom. The number of hydrogen-bond donors (Lipinski definition) is 3. The molecule has 184 valence electrons. The number of alkyl halides is 3. The van der Waals surface area contributed by atoms with Gasteiger partial charge in [0.05, 0.1) is 22.9 Å². The number of anilines is 2. The van der Waals surface area contributed by atoms with Crippen molar-refractivity contribution in [3.05, 3.63) is 82.9 Å². The number of hydrogen-bond acceptors (Lipinski definition) is 5. The molecule has 11 heteroatoms. The van der Waals surface area contributed by atoms with Crippen LogP contribution in [0.2, 0.25) is 0 Å². The molecule has 1 aromatic heterocycles. The van der Waals surface area contributed by atoms with E-state index in [-0.39, 0.29) is 40.1 Å². The number of aryl methyl sites for hydroxylation is 1. The van der Waals surface area contributed by atoms with E-state index in [9.17, 15) is 22.8 Å². The molecule has 0 unspecified atom stereocenters. The first kappa shape index (κ1) is 24.6. The Morgan fingerprint density at radius 3 is 2.31 bits per heavy atom. The topological polar surface area (TPSA) is 124 Å². The Labute approximate surface area is 202 Å². The molecule has 0 fully saturated rings. The third kappa shape index (κ3) is 4.95. The number of nitrogens with zero attached hydrogens (tertiary/aromatic N) is 2. The van der Waals surface area contributed by atoms with E-state index in [2.05, 4.69) is 15.3 Å². The molecule has 1 heterocycles. The number of nitrogens with two attached hydrogens (primary N) is 2. The first-order chi connectivity index (χ1) is 16.9. The first-order valence-corrected chi connectivity index (χ1v) is 10.6. The van der Waals surface area contributed by atoms with Gasteiger partial charge in [-0.3, -0.25) is 9.59 Å². The lowest BCUT2D eigenvalue weighted by Gasteiger charge is -2.14. The summed E-state index contributed by atoms with van der Waals surface area (Å²) in [5.41, 5.74) is 12.1. The Bertz CT molecular complexity index is 1500. The molecule has 0 aliphatic heterocycles. The molecule has 7 nitrogen and oxygen atoms in total.